The second kappa shape index (κ2) is 13.2. The number of aryl methyl sites for hydroxylation is 1. The molecule has 2 aliphatic rings. The van der Waals surface area contributed by atoms with Crippen molar-refractivity contribution in [3.8, 4) is 34.5 Å². The Hall–Kier alpha value is -3.81. The molecule has 2 unspecified atom stereocenters. The SMILES string of the molecule is CC.COc1cnc(C(F)F)cc1-c1cc(-n2cc(P)c(C)cc2=O)ncc1C(=O)NC1=NNC(C#CC2CC2)S1. The van der Waals surface area contributed by atoms with Crippen LogP contribution in [0.15, 0.2) is 46.7 Å². The molecule has 214 valence electrons. The summed E-state index contributed by atoms with van der Waals surface area (Å²) in [5, 5.41) is 7.66. The van der Waals surface area contributed by atoms with Gasteiger partial charge in [0.05, 0.1) is 18.9 Å². The van der Waals surface area contributed by atoms with Gasteiger partial charge in [-0.25, -0.2) is 13.8 Å². The van der Waals surface area contributed by atoms with Gasteiger partial charge in [-0.05, 0) is 54.5 Å². The van der Waals surface area contributed by atoms with Crippen LogP contribution in [0.25, 0.3) is 16.9 Å². The van der Waals surface area contributed by atoms with Crippen LogP contribution in [-0.4, -0.2) is 38.1 Å². The Kier molecular flexibility index (Phi) is 9.73. The largest absolute Gasteiger partial charge is 0.494 e. The van der Waals surface area contributed by atoms with Crippen molar-refractivity contribution in [3.63, 3.8) is 0 Å². The Bertz CT molecular complexity index is 1610. The van der Waals surface area contributed by atoms with E-state index in [0.717, 1.165) is 29.8 Å². The number of ether oxygens (including phenoxy) is 1. The second-order valence-electron chi connectivity index (χ2n) is 8.88. The highest BCUT2D eigenvalue weighted by Crippen LogP contribution is 2.35. The molecule has 41 heavy (non-hydrogen) atoms. The molecule has 9 nitrogen and oxygen atoms in total. The molecule has 0 spiro atoms. The molecule has 0 bridgehead atoms. The molecule has 5 rings (SSSR count). The number of hydrazone groups is 1. The van der Waals surface area contributed by atoms with Crippen LogP contribution < -0.4 is 26.3 Å². The van der Waals surface area contributed by atoms with Crippen LogP contribution in [0.4, 0.5) is 8.78 Å². The molecule has 0 radical (unpaired) electrons. The minimum absolute atomic E-state index is 0.0607. The monoisotopic (exact) mass is 598 g/mol. The molecule has 0 saturated heterocycles. The summed E-state index contributed by atoms with van der Waals surface area (Å²) in [5.41, 5.74) is 3.29. The summed E-state index contributed by atoms with van der Waals surface area (Å²) in [5.74, 6) is 6.45. The van der Waals surface area contributed by atoms with Gasteiger partial charge in [0.2, 0.25) is 0 Å². The van der Waals surface area contributed by atoms with Crippen molar-refractivity contribution in [3.05, 3.63) is 64.0 Å². The number of halogens is 2. The Morgan fingerprint density at radius 3 is 2.63 bits per heavy atom. The molecular formula is C28H29F2N6O3PS. The Labute approximate surface area is 242 Å². The summed E-state index contributed by atoms with van der Waals surface area (Å²) >= 11 is 1.26. The number of carbonyl (C=O) groups excluding carboxylic acids is 1. The number of methoxy groups -OCH3 is 1. The fourth-order valence-electron chi connectivity index (χ4n) is 3.74. The van der Waals surface area contributed by atoms with Gasteiger partial charge >= 0.3 is 0 Å². The highest BCUT2D eigenvalue weighted by Gasteiger charge is 2.25. The number of aromatic nitrogens is 3. The first kappa shape index (κ1) is 30.2. The summed E-state index contributed by atoms with van der Waals surface area (Å²) < 4.78 is 33.9. The Morgan fingerprint density at radius 1 is 1.20 bits per heavy atom. The molecule has 1 aliphatic carbocycles. The number of thioether (sulfide) groups is 1. The summed E-state index contributed by atoms with van der Waals surface area (Å²) in [6.07, 6.45) is 3.40. The number of hydrogen-bond donors (Lipinski definition) is 2. The maximum atomic E-state index is 13.6. The first-order chi connectivity index (χ1) is 19.7. The lowest BCUT2D eigenvalue weighted by Crippen LogP contribution is -2.29. The minimum Gasteiger partial charge on any atom is -0.494 e. The van der Waals surface area contributed by atoms with Gasteiger partial charge in [0.15, 0.2) is 10.5 Å². The van der Waals surface area contributed by atoms with E-state index < -0.39 is 18.0 Å². The van der Waals surface area contributed by atoms with Gasteiger partial charge in [0, 0.05) is 35.5 Å². The highest BCUT2D eigenvalue weighted by atomic mass is 32.2. The van der Waals surface area contributed by atoms with Crippen LogP contribution in [-0.2, 0) is 0 Å². The molecule has 0 aromatic carbocycles. The number of hydrogen-bond acceptors (Lipinski definition) is 8. The average molecular weight is 599 g/mol. The van der Waals surface area contributed by atoms with Gasteiger partial charge < -0.3 is 4.74 Å². The fraction of sp³-hybridized carbons (Fsp3) is 0.321. The van der Waals surface area contributed by atoms with Crippen molar-refractivity contribution >= 4 is 37.4 Å². The number of nitrogens with zero attached hydrogens (tertiary/aromatic N) is 4. The predicted molar refractivity (Wildman–Crippen MR) is 160 cm³/mol. The zero-order valence-corrected chi connectivity index (χ0v) is 24.8. The number of carbonyl (C=O) groups is 1. The molecule has 4 heterocycles. The molecule has 13 heteroatoms. The van der Waals surface area contributed by atoms with E-state index in [1.54, 1.807) is 13.1 Å². The molecule has 1 saturated carbocycles. The first-order valence-electron chi connectivity index (χ1n) is 12.9. The summed E-state index contributed by atoms with van der Waals surface area (Å²) in [6, 6.07) is 4.09. The minimum atomic E-state index is -2.85. The molecule has 1 fully saturated rings. The summed E-state index contributed by atoms with van der Waals surface area (Å²) in [7, 11) is 3.91. The third-order valence-corrected chi connectivity index (χ3v) is 7.51. The molecule has 1 aliphatic heterocycles. The second-order valence-corrected chi connectivity index (χ2v) is 10.6. The molecule has 3 aromatic rings. The molecular weight excluding hydrogens is 569 g/mol. The third kappa shape index (κ3) is 7.10. The number of pyridine rings is 3. The number of amidine groups is 1. The summed E-state index contributed by atoms with van der Waals surface area (Å²) in [6.45, 7) is 5.80. The van der Waals surface area contributed by atoms with Crippen LogP contribution in [0, 0.1) is 24.7 Å². The maximum Gasteiger partial charge on any atom is 0.280 e. The van der Waals surface area contributed by atoms with Crippen molar-refractivity contribution in [1.82, 2.24) is 25.3 Å². The van der Waals surface area contributed by atoms with Crippen molar-refractivity contribution in [2.24, 2.45) is 11.0 Å². The lowest BCUT2D eigenvalue weighted by Gasteiger charge is -2.16. The van der Waals surface area contributed by atoms with E-state index >= 15 is 0 Å². The maximum absolute atomic E-state index is 13.6. The topological polar surface area (TPSA) is 111 Å². The normalized spacial score (nSPS) is 15.6. The standard InChI is InChI=1S/C26H23F2N6O3PS.C2H6/c1-13-7-23(35)34(12-20(13)38)21-9-15(16-8-18(24(27)28)29-11-19(16)37-2)17(10-30-21)25(36)31-26-33-32-22(39-26)6-5-14-3-4-14;1-2/h7-12,14,22,24,32H,3-4,38H2,1-2H3,(H,31,33,36);1-2H3. The quantitative estimate of drug-likeness (QED) is 0.335. The molecule has 1 amide bonds. The van der Waals surface area contributed by atoms with E-state index in [1.165, 1.54) is 48.0 Å². The average Bonchev–Trinajstić information content (AvgIpc) is 3.71. The van der Waals surface area contributed by atoms with Crippen molar-refractivity contribution in [2.75, 3.05) is 7.11 Å². The smallest absolute Gasteiger partial charge is 0.280 e. The van der Waals surface area contributed by atoms with Gasteiger partial charge in [-0.15, -0.1) is 9.24 Å². The third-order valence-electron chi connectivity index (χ3n) is 6.03. The van der Waals surface area contributed by atoms with Crippen molar-refractivity contribution in [1.29, 1.82) is 0 Å². The van der Waals surface area contributed by atoms with Crippen LogP contribution in [0.2, 0.25) is 0 Å². The van der Waals surface area contributed by atoms with Crippen molar-refractivity contribution < 1.29 is 18.3 Å². The van der Waals surface area contributed by atoms with Gasteiger partial charge in [-0.2, -0.15) is 5.10 Å². The van der Waals surface area contributed by atoms with E-state index in [-0.39, 0.29) is 39.2 Å². The van der Waals surface area contributed by atoms with Crippen molar-refractivity contribution in [2.45, 2.75) is 45.4 Å². The fourth-order valence-corrected chi connectivity index (χ4v) is 4.68. The van der Waals surface area contributed by atoms with Crippen LogP contribution in [0.1, 0.15) is 54.7 Å². The van der Waals surface area contributed by atoms with Gasteiger partial charge in [0.25, 0.3) is 17.9 Å². The van der Waals surface area contributed by atoms with Crippen LogP contribution in [0.3, 0.4) is 0 Å². The highest BCUT2D eigenvalue weighted by molar-refractivity contribution is 8.14. The van der Waals surface area contributed by atoms with E-state index in [1.807, 2.05) is 13.8 Å². The zero-order valence-electron chi connectivity index (χ0n) is 22.9. The van der Waals surface area contributed by atoms with Gasteiger partial charge in [-0.1, -0.05) is 25.7 Å². The molecule has 2 N–H and O–H groups in total. The number of alkyl halides is 2. The number of rotatable bonds is 5. The number of nitrogens with one attached hydrogen (secondary N) is 2. The van der Waals surface area contributed by atoms with E-state index in [2.05, 4.69) is 46.9 Å². The van der Waals surface area contributed by atoms with E-state index in [4.69, 9.17) is 4.74 Å². The van der Waals surface area contributed by atoms with Gasteiger partial charge in [0.1, 0.15) is 17.3 Å². The lowest BCUT2D eigenvalue weighted by molar-refractivity contribution is 0.0978. The Morgan fingerprint density at radius 2 is 1.95 bits per heavy atom. The van der Waals surface area contributed by atoms with Crippen LogP contribution >= 0.6 is 21.0 Å². The first-order valence-corrected chi connectivity index (χ1v) is 14.3. The van der Waals surface area contributed by atoms with Gasteiger partial charge in [-0.3, -0.25) is 29.9 Å². The zero-order chi connectivity index (χ0) is 29.7. The Balaban J connectivity index is 0.00000189. The van der Waals surface area contributed by atoms with Crippen LogP contribution in [0.5, 0.6) is 5.75 Å². The molecule has 2 atom stereocenters. The number of amides is 1. The summed E-state index contributed by atoms with van der Waals surface area (Å²) in [4.78, 5) is 34.3. The molecule has 3 aromatic heterocycles. The predicted octanol–water partition coefficient (Wildman–Crippen LogP) is 4.15. The van der Waals surface area contributed by atoms with E-state index in [0.29, 0.717) is 11.1 Å². The van der Waals surface area contributed by atoms with E-state index in [9.17, 15) is 18.4 Å². The lowest BCUT2D eigenvalue weighted by atomic mass is 10.00.